The minimum Gasteiger partial charge on any atom is -0.378 e. The van der Waals surface area contributed by atoms with Crippen molar-refractivity contribution in [3.63, 3.8) is 0 Å². The van der Waals surface area contributed by atoms with Gasteiger partial charge in [0.2, 0.25) is 0 Å². The maximum atomic E-state index is 11.9. The van der Waals surface area contributed by atoms with Gasteiger partial charge in [0.1, 0.15) is 5.82 Å². The van der Waals surface area contributed by atoms with Gasteiger partial charge in [0.05, 0.1) is 18.2 Å². The number of benzene rings is 1. The number of nitrogens with zero attached hydrogens (tertiary/aromatic N) is 5. The van der Waals surface area contributed by atoms with Crippen molar-refractivity contribution in [1.29, 1.82) is 0 Å². The highest BCUT2D eigenvalue weighted by Crippen LogP contribution is 2.27. The number of anilines is 1. The van der Waals surface area contributed by atoms with Crippen LogP contribution < -0.4 is 4.90 Å². The molecule has 1 aliphatic rings. The van der Waals surface area contributed by atoms with E-state index in [1.165, 1.54) is 11.3 Å². The molecule has 2 aromatic rings. The van der Waals surface area contributed by atoms with Crippen molar-refractivity contribution in [2.75, 3.05) is 30.5 Å². The second kappa shape index (κ2) is 8.57. The number of rotatable bonds is 7. The van der Waals surface area contributed by atoms with E-state index in [1.54, 1.807) is 0 Å². The lowest BCUT2D eigenvalue weighted by molar-refractivity contribution is 0.153. The Morgan fingerprint density at radius 2 is 1.90 bits per heavy atom. The Morgan fingerprint density at radius 3 is 2.41 bits per heavy atom. The fraction of sp³-hybridized carbons (Fsp3) is 0.600. The smallest absolute Gasteiger partial charge is 0.198 e. The second-order valence-corrected chi connectivity index (χ2v) is 10.9. The highest BCUT2D eigenvalue weighted by atomic mass is 32.2. The number of sulfone groups is 1. The van der Waals surface area contributed by atoms with Crippen molar-refractivity contribution in [2.24, 2.45) is 7.05 Å². The van der Waals surface area contributed by atoms with Gasteiger partial charge in [0.25, 0.3) is 0 Å². The van der Waals surface area contributed by atoms with Gasteiger partial charge >= 0.3 is 0 Å². The molecule has 3 rings (SSSR count). The summed E-state index contributed by atoms with van der Waals surface area (Å²) >= 11 is 5.60. The van der Waals surface area contributed by atoms with Crippen LogP contribution >= 0.6 is 12.2 Å². The van der Waals surface area contributed by atoms with Crippen LogP contribution in [-0.2, 0) is 30.1 Å². The van der Waals surface area contributed by atoms with Crippen molar-refractivity contribution >= 4 is 27.7 Å². The minimum absolute atomic E-state index is 0.0703. The van der Waals surface area contributed by atoms with E-state index in [1.807, 2.05) is 30.4 Å². The number of hydrogen-bond donors (Lipinski definition) is 0. The maximum absolute atomic E-state index is 11.9. The van der Waals surface area contributed by atoms with Gasteiger partial charge in [-0.1, -0.05) is 12.1 Å². The molecule has 0 amide bonds. The first-order valence-corrected chi connectivity index (χ1v) is 12.1. The monoisotopic (exact) mass is 437 g/mol. The first-order valence-electron chi connectivity index (χ1n) is 9.92. The van der Waals surface area contributed by atoms with E-state index in [2.05, 4.69) is 47.9 Å². The molecule has 0 bridgehead atoms. The third kappa shape index (κ3) is 5.07. The normalized spacial score (nSPS) is 18.7. The molecule has 1 aliphatic heterocycles. The van der Waals surface area contributed by atoms with Crippen LogP contribution in [-0.4, -0.2) is 59.3 Å². The Kier molecular flexibility index (Phi) is 6.50. The van der Waals surface area contributed by atoms with E-state index in [0.717, 1.165) is 12.4 Å². The quantitative estimate of drug-likeness (QED) is 0.621. The lowest BCUT2D eigenvalue weighted by Crippen LogP contribution is -2.33. The first kappa shape index (κ1) is 22.0. The molecular formula is C20H31N5O2S2. The molecule has 1 fully saturated rings. The van der Waals surface area contributed by atoms with Crippen molar-refractivity contribution in [1.82, 2.24) is 19.2 Å². The third-order valence-electron chi connectivity index (χ3n) is 5.56. The summed E-state index contributed by atoms with van der Waals surface area (Å²) in [5.41, 5.74) is 2.40. The lowest BCUT2D eigenvalue weighted by Gasteiger charge is -2.26. The van der Waals surface area contributed by atoms with Gasteiger partial charge in [-0.05, 0) is 50.2 Å². The average molecular weight is 438 g/mol. The summed E-state index contributed by atoms with van der Waals surface area (Å²) in [5, 5.41) is 4.72. The average Bonchev–Trinajstić information content (AvgIpc) is 3.15. The lowest BCUT2D eigenvalue weighted by atomic mass is 10.1. The first-order chi connectivity index (χ1) is 13.6. The summed E-state index contributed by atoms with van der Waals surface area (Å²) in [6.45, 7) is 5.67. The fourth-order valence-corrected chi connectivity index (χ4v) is 5.58. The molecular weight excluding hydrogens is 406 g/mol. The maximum Gasteiger partial charge on any atom is 0.198 e. The molecule has 0 N–H and O–H groups in total. The summed E-state index contributed by atoms with van der Waals surface area (Å²) in [4.78, 5) is 4.39. The Labute approximate surface area is 178 Å². The third-order valence-corrected chi connectivity index (χ3v) is 7.81. The molecule has 2 heterocycles. The standard InChI is InChI=1S/C20H31N5O2S2/c1-15(2)24(12-16-6-8-18(9-7-16)22(3)4)14-25-20(28)23(5)19(21-25)17-10-11-29(26,27)13-17/h6-9,15,17H,10-14H2,1-5H3. The largest absolute Gasteiger partial charge is 0.378 e. The zero-order valence-electron chi connectivity index (χ0n) is 17.9. The Morgan fingerprint density at radius 1 is 1.24 bits per heavy atom. The molecule has 0 spiro atoms. The molecule has 1 atom stereocenters. The van der Waals surface area contributed by atoms with E-state index < -0.39 is 9.84 Å². The summed E-state index contributed by atoms with van der Waals surface area (Å²) in [7, 11) is 2.99. The predicted octanol–water partition coefficient (Wildman–Crippen LogP) is 2.79. The van der Waals surface area contributed by atoms with Crippen LogP contribution in [0.1, 0.15) is 37.6 Å². The Bertz CT molecular complexity index is 1010. The predicted molar refractivity (Wildman–Crippen MR) is 119 cm³/mol. The van der Waals surface area contributed by atoms with Crippen LogP contribution in [0.5, 0.6) is 0 Å². The molecule has 1 aromatic carbocycles. The molecule has 1 unspecified atom stereocenters. The fourth-order valence-electron chi connectivity index (χ4n) is 3.65. The van der Waals surface area contributed by atoms with Crippen molar-refractivity contribution in [3.05, 3.63) is 40.4 Å². The van der Waals surface area contributed by atoms with Gasteiger partial charge in [-0.2, -0.15) is 5.10 Å². The van der Waals surface area contributed by atoms with E-state index >= 15 is 0 Å². The van der Waals surface area contributed by atoms with E-state index in [0.29, 0.717) is 23.9 Å². The molecule has 7 nitrogen and oxygen atoms in total. The molecule has 0 saturated carbocycles. The minimum atomic E-state index is -2.96. The molecule has 1 aromatic heterocycles. The summed E-state index contributed by atoms with van der Waals surface area (Å²) < 4.78 is 28.1. The molecule has 0 radical (unpaired) electrons. The van der Waals surface area contributed by atoms with Gasteiger partial charge in [0, 0.05) is 45.3 Å². The van der Waals surface area contributed by atoms with Gasteiger partial charge in [0.15, 0.2) is 14.6 Å². The Balaban J connectivity index is 1.79. The van der Waals surface area contributed by atoms with Crippen LogP contribution in [0.4, 0.5) is 5.69 Å². The summed E-state index contributed by atoms with van der Waals surface area (Å²) in [6.07, 6.45) is 0.619. The van der Waals surface area contributed by atoms with E-state index in [-0.39, 0.29) is 17.4 Å². The number of hydrogen-bond acceptors (Lipinski definition) is 6. The topological polar surface area (TPSA) is 63.4 Å². The van der Waals surface area contributed by atoms with E-state index in [4.69, 9.17) is 17.3 Å². The molecule has 9 heteroatoms. The zero-order valence-corrected chi connectivity index (χ0v) is 19.5. The van der Waals surface area contributed by atoms with Gasteiger partial charge < -0.3 is 9.47 Å². The van der Waals surface area contributed by atoms with Gasteiger partial charge in [-0.25, -0.2) is 13.1 Å². The molecule has 0 aliphatic carbocycles. The second-order valence-electron chi connectivity index (χ2n) is 8.34. The molecule has 160 valence electrons. The van der Waals surface area contributed by atoms with Gasteiger partial charge in [-0.3, -0.25) is 4.90 Å². The summed E-state index contributed by atoms with van der Waals surface area (Å²) in [5.74, 6) is 1.10. The van der Waals surface area contributed by atoms with Crippen LogP contribution in [0.3, 0.4) is 0 Å². The van der Waals surface area contributed by atoms with E-state index in [9.17, 15) is 8.42 Å². The van der Waals surface area contributed by atoms with Crippen LogP contribution in [0.25, 0.3) is 0 Å². The zero-order chi connectivity index (χ0) is 21.3. The Hall–Kier alpha value is -1.71. The van der Waals surface area contributed by atoms with Crippen molar-refractivity contribution in [2.45, 2.75) is 45.4 Å². The summed E-state index contributed by atoms with van der Waals surface area (Å²) in [6, 6.07) is 8.86. The number of aromatic nitrogens is 3. The highest BCUT2D eigenvalue weighted by Gasteiger charge is 2.32. The molecule has 29 heavy (non-hydrogen) atoms. The van der Waals surface area contributed by atoms with Crippen LogP contribution in [0, 0.1) is 4.77 Å². The van der Waals surface area contributed by atoms with Gasteiger partial charge in [-0.15, -0.1) is 0 Å². The van der Waals surface area contributed by atoms with Crippen LogP contribution in [0.2, 0.25) is 0 Å². The van der Waals surface area contributed by atoms with Crippen molar-refractivity contribution < 1.29 is 8.42 Å². The van der Waals surface area contributed by atoms with Crippen molar-refractivity contribution in [3.8, 4) is 0 Å². The highest BCUT2D eigenvalue weighted by molar-refractivity contribution is 7.91. The SMILES string of the molecule is CC(C)N(Cc1ccc(N(C)C)cc1)Cn1nc(C2CCS(=O)(=O)C2)n(C)c1=S. The van der Waals surface area contributed by atoms with Crippen LogP contribution in [0.15, 0.2) is 24.3 Å². The molecule has 1 saturated heterocycles.